The first-order valence-corrected chi connectivity index (χ1v) is 8.73. The fraction of sp³-hybridized carbons (Fsp3) is 0.368. The van der Waals surface area contributed by atoms with Crippen molar-refractivity contribution < 1.29 is 14.2 Å². The van der Waals surface area contributed by atoms with Gasteiger partial charge in [0.2, 0.25) is 5.88 Å². The molecule has 1 fully saturated rings. The zero-order chi connectivity index (χ0) is 18.4. The molecule has 6 nitrogen and oxygen atoms in total. The predicted molar refractivity (Wildman–Crippen MR) is 97.7 cm³/mol. The molecule has 2 aromatic rings. The van der Waals surface area contributed by atoms with Crippen molar-refractivity contribution in [1.82, 2.24) is 15.2 Å². The Morgan fingerprint density at radius 1 is 1.38 bits per heavy atom. The number of halogens is 1. The first-order chi connectivity index (χ1) is 12.6. The van der Waals surface area contributed by atoms with Gasteiger partial charge in [0.15, 0.2) is 5.96 Å². The topological polar surface area (TPSA) is 70.0 Å². The third-order valence-corrected chi connectivity index (χ3v) is 4.04. The van der Waals surface area contributed by atoms with Crippen LogP contribution in [0.1, 0.15) is 18.9 Å². The van der Waals surface area contributed by atoms with E-state index < -0.39 is 0 Å². The number of hydrogen-bond acceptors (Lipinski definition) is 4. The summed E-state index contributed by atoms with van der Waals surface area (Å²) in [5, 5.41) is 13.0. The summed E-state index contributed by atoms with van der Waals surface area (Å²) >= 11 is 0. The average molecular weight is 358 g/mol. The van der Waals surface area contributed by atoms with E-state index >= 15 is 0 Å². The molecule has 0 spiro atoms. The van der Waals surface area contributed by atoms with E-state index in [4.69, 9.17) is 4.74 Å². The summed E-state index contributed by atoms with van der Waals surface area (Å²) in [5.41, 5.74) is 0.951. The number of aliphatic imine (C=N–C) groups is 1. The van der Waals surface area contributed by atoms with Gasteiger partial charge in [-0.05, 0) is 49.2 Å². The molecule has 26 heavy (non-hydrogen) atoms. The second-order valence-electron chi connectivity index (χ2n) is 6.12. The summed E-state index contributed by atoms with van der Waals surface area (Å²) in [5.74, 6) is 1.45. The SMILES string of the molecule is CCNC(=NCc1ccnc(Oc2ccc(F)cc2)c1)N1CC[C@@H](O)C1. The summed E-state index contributed by atoms with van der Waals surface area (Å²) in [6, 6.07) is 9.50. The van der Waals surface area contributed by atoms with Crippen LogP contribution in [0.5, 0.6) is 11.6 Å². The number of likely N-dealkylation sites (tertiary alicyclic amines) is 1. The van der Waals surface area contributed by atoms with Crippen LogP contribution >= 0.6 is 0 Å². The van der Waals surface area contributed by atoms with E-state index in [0.717, 1.165) is 31.0 Å². The summed E-state index contributed by atoms with van der Waals surface area (Å²) in [7, 11) is 0. The van der Waals surface area contributed by atoms with E-state index in [-0.39, 0.29) is 11.9 Å². The first-order valence-electron chi connectivity index (χ1n) is 8.73. The second-order valence-corrected chi connectivity index (χ2v) is 6.12. The first kappa shape index (κ1) is 18.1. The number of nitrogens with one attached hydrogen (secondary N) is 1. The van der Waals surface area contributed by atoms with Crippen LogP contribution in [0.3, 0.4) is 0 Å². The standard InChI is InChI=1S/C19H23FN4O2/c1-2-21-19(24-10-8-16(25)13-24)23-12-14-7-9-22-18(11-14)26-17-5-3-15(20)4-6-17/h3-7,9,11,16,25H,2,8,10,12-13H2,1H3,(H,21,23)/t16-/m1/s1. The van der Waals surface area contributed by atoms with Crippen LogP contribution in [0.2, 0.25) is 0 Å². The van der Waals surface area contributed by atoms with Crippen molar-refractivity contribution >= 4 is 5.96 Å². The molecule has 0 aliphatic carbocycles. The highest BCUT2D eigenvalue weighted by molar-refractivity contribution is 5.80. The maximum atomic E-state index is 13.0. The highest BCUT2D eigenvalue weighted by Gasteiger charge is 2.22. The number of pyridine rings is 1. The molecule has 1 aliphatic rings. The molecule has 0 saturated carbocycles. The molecule has 2 N–H and O–H groups in total. The van der Waals surface area contributed by atoms with Crippen molar-refractivity contribution in [2.45, 2.75) is 26.0 Å². The third-order valence-electron chi connectivity index (χ3n) is 4.04. The number of hydrogen-bond donors (Lipinski definition) is 2. The molecular formula is C19H23FN4O2. The fourth-order valence-corrected chi connectivity index (χ4v) is 2.75. The minimum absolute atomic E-state index is 0.296. The van der Waals surface area contributed by atoms with Crippen LogP contribution in [-0.4, -0.2) is 46.7 Å². The smallest absolute Gasteiger partial charge is 0.219 e. The number of aliphatic hydroxyl groups is 1. The van der Waals surface area contributed by atoms with E-state index in [0.29, 0.717) is 24.7 Å². The van der Waals surface area contributed by atoms with Gasteiger partial charge in [-0.25, -0.2) is 14.4 Å². The van der Waals surface area contributed by atoms with Crippen molar-refractivity contribution in [2.75, 3.05) is 19.6 Å². The van der Waals surface area contributed by atoms with Crippen LogP contribution in [-0.2, 0) is 6.54 Å². The summed E-state index contributed by atoms with van der Waals surface area (Å²) in [6.07, 6.45) is 2.13. The van der Waals surface area contributed by atoms with Crippen LogP contribution < -0.4 is 10.1 Å². The van der Waals surface area contributed by atoms with E-state index in [1.165, 1.54) is 12.1 Å². The van der Waals surface area contributed by atoms with Gasteiger partial charge in [0.25, 0.3) is 0 Å². The Balaban J connectivity index is 1.67. The number of ether oxygens (including phenoxy) is 1. The molecule has 138 valence electrons. The Morgan fingerprint density at radius 2 is 2.19 bits per heavy atom. The normalized spacial score (nSPS) is 17.4. The van der Waals surface area contributed by atoms with Gasteiger partial charge in [0.1, 0.15) is 11.6 Å². The zero-order valence-electron chi connectivity index (χ0n) is 14.7. The number of aliphatic hydroxyl groups excluding tert-OH is 1. The van der Waals surface area contributed by atoms with Crippen molar-refractivity contribution in [3.63, 3.8) is 0 Å². The van der Waals surface area contributed by atoms with Crippen LogP contribution in [0.15, 0.2) is 47.6 Å². The van der Waals surface area contributed by atoms with Crippen LogP contribution in [0.4, 0.5) is 4.39 Å². The zero-order valence-corrected chi connectivity index (χ0v) is 14.7. The molecule has 2 heterocycles. The maximum Gasteiger partial charge on any atom is 0.219 e. The molecule has 3 rings (SSSR count). The lowest BCUT2D eigenvalue weighted by atomic mass is 10.2. The maximum absolute atomic E-state index is 13.0. The molecule has 1 aromatic carbocycles. The third kappa shape index (κ3) is 4.92. The van der Waals surface area contributed by atoms with E-state index in [2.05, 4.69) is 20.2 Å². The number of rotatable bonds is 5. The largest absolute Gasteiger partial charge is 0.439 e. The lowest BCUT2D eigenvalue weighted by molar-refractivity contribution is 0.188. The van der Waals surface area contributed by atoms with Crippen molar-refractivity contribution in [1.29, 1.82) is 0 Å². The number of guanidine groups is 1. The number of benzene rings is 1. The van der Waals surface area contributed by atoms with E-state index in [1.807, 2.05) is 19.1 Å². The number of β-amino-alcohol motifs (C(OH)–C–C–N with tert-alkyl or cyclic N) is 1. The van der Waals surface area contributed by atoms with Gasteiger partial charge in [-0.15, -0.1) is 0 Å². The van der Waals surface area contributed by atoms with Gasteiger partial charge in [-0.3, -0.25) is 0 Å². The second kappa shape index (κ2) is 8.62. The fourth-order valence-electron chi connectivity index (χ4n) is 2.75. The Morgan fingerprint density at radius 3 is 2.88 bits per heavy atom. The molecule has 7 heteroatoms. The van der Waals surface area contributed by atoms with Crippen molar-refractivity contribution in [2.24, 2.45) is 4.99 Å². The number of aromatic nitrogens is 1. The van der Waals surface area contributed by atoms with Crippen LogP contribution in [0, 0.1) is 5.82 Å². The van der Waals surface area contributed by atoms with Crippen LogP contribution in [0.25, 0.3) is 0 Å². The van der Waals surface area contributed by atoms with Crippen molar-refractivity contribution in [3.8, 4) is 11.6 Å². The Bertz CT molecular complexity index is 751. The molecule has 1 aromatic heterocycles. The summed E-state index contributed by atoms with van der Waals surface area (Å²) in [4.78, 5) is 10.9. The van der Waals surface area contributed by atoms with E-state index in [9.17, 15) is 9.50 Å². The van der Waals surface area contributed by atoms with Gasteiger partial charge in [0, 0.05) is 31.9 Å². The lowest BCUT2D eigenvalue weighted by Crippen LogP contribution is -2.40. The van der Waals surface area contributed by atoms with E-state index in [1.54, 1.807) is 18.3 Å². The minimum atomic E-state index is -0.309. The van der Waals surface area contributed by atoms with Crippen molar-refractivity contribution in [3.05, 3.63) is 54.0 Å². The number of nitrogens with zero attached hydrogens (tertiary/aromatic N) is 3. The Hall–Kier alpha value is -2.67. The molecule has 0 amide bonds. The molecule has 0 radical (unpaired) electrons. The average Bonchev–Trinajstić information content (AvgIpc) is 3.07. The van der Waals surface area contributed by atoms with Gasteiger partial charge >= 0.3 is 0 Å². The minimum Gasteiger partial charge on any atom is -0.439 e. The summed E-state index contributed by atoms with van der Waals surface area (Å²) in [6.45, 7) is 4.64. The molecule has 1 saturated heterocycles. The highest BCUT2D eigenvalue weighted by Crippen LogP contribution is 2.20. The molecule has 0 bridgehead atoms. The monoisotopic (exact) mass is 358 g/mol. The Kier molecular flexibility index (Phi) is 6.01. The summed E-state index contributed by atoms with van der Waals surface area (Å²) < 4.78 is 18.6. The quantitative estimate of drug-likeness (QED) is 0.635. The molecule has 1 atom stereocenters. The lowest BCUT2D eigenvalue weighted by Gasteiger charge is -2.20. The molecule has 0 unspecified atom stereocenters. The van der Waals surface area contributed by atoms with Gasteiger partial charge in [0.05, 0.1) is 12.6 Å². The van der Waals surface area contributed by atoms with Gasteiger partial charge in [-0.1, -0.05) is 0 Å². The van der Waals surface area contributed by atoms with Gasteiger partial charge < -0.3 is 20.1 Å². The molecular weight excluding hydrogens is 335 g/mol. The highest BCUT2D eigenvalue weighted by atomic mass is 19.1. The van der Waals surface area contributed by atoms with Gasteiger partial charge in [-0.2, -0.15) is 0 Å². The Labute approximate surface area is 152 Å². The predicted octanol–water partition coefficient (Wildman–Crippen LogP) is 2.55. The molecule has 1 aliphatic heterocycles.